The fourth-order valence-electron chi connectivity index (χ4n) is 9.37. The second kappa shape index (κ2) is 13.6. The first-order valence-electron chi connectivity index (χ1n) is 17.9. The van der Waals surface area contributed by atoms with Gasteiger partial charge in [0.15, 0.2) is 0 Å². The molecule has 4 aliphatic rings. The Kier molecular flexibility index (Phi) is 9.78. The zero-order valence-corrected chi connectivity index (χ0v) is 28.1. The molecule has 4 fully saturated rings. The first-order chi connectivity index (χ1) is 22.1. The van der Waals surface area contributed by atoms with Gasteiger partial charge in [0.25, 0.3) is 0 Å². The van der Waals surface area contributed by atoms with E-state index in [4.69, 9.17) is 9.72 Å². The summed E-state index contributed by atoms with van der Waals surface area (Å²) in [5, 5.41) is 20.6. The molecular weight excluding hydrogens is 572 g/mol. The maximum absolute atomic E-state index is 13.4. The molecule has 0 radical (unpaired) electrons. The second-order valence-electron chi connectivity index (χ2n) is 15.1. The molecule has 4 saturated carbocycles. The molecule has 6 nitrogen and oxygen atoms in total. The molecule has 1 heterocycles. The largest absolute Gasteiger partial charge is 0.458 e. The van der Waals surface area contributed by atoms with Crippen molar-refractivity contribution in [1.29, 1.82) is 0 Å². The highest BCUT2D eigenvalue weighted by atomic mass is 16.5. The third kappa shape index (κ3) is 6.57. The molecule has 0 saturated heterocycles. The number of rotatable bonds is 11. The zero-order chi connectivity index (χ0) is 32.5. The van der Waals surface area contributed by atoms with E-state index >= 15 is 0 Å². The molecule has 6 heteroatoms. The van der Waals surface area contributed by atoms with E-state index in [1.54, 1.807) is 0 Å². The number of hydrogen-bond donors (Lipinski definition) is 3. The van der Waals surface area contributed by atoms with Gasteiger partial charge in [0, 0.05) is 18.3 Å². The molecule has 3 N–H and O–H groups in total. The van der Waals surface area contributed by atoms with Crippen molar-refractivity contribution >= 4 is 5.97 Å². The maximum Gasteiger partial charge on any atom is 0.338 e. The van der Waals surface area contributed by atoms with Crippen molar-refractivity contribution < 1.29 is 19.7 Å². The normalized spacial score (nSPS) is 31.9. The molecule has 0 bridgehead atoms. The van der Waals surface area contributed by atoms with Crippen LogP contribution in [-0.2, 0) is 16.6 Å². The predicted molar refractivity (Wildman–Crippen MR) is 182 cm³/mol. The fraction of sp³-hybridized carbons (Fsp3) is 0.600. The summed E-state index contributed by atoms with van der Waals surface area (Å²) in [5.41, 5.74) is 5.04. The number of aliphatic hydroxyl groups is 2. The van der Waals surface area contributed by atoms with E-state index in [1.165, 1.54) is 31.3 Å². The number of fused-ring (bicyclic) bond motifs is 1. The first-order valence-corrected chi connectivity index (χ1v) is 17.9. The van der Waals surface area contributed by atoms with Crippen LogP contribution in [0.3, 0.4) is 0 Å². The lowest BCUT2D eigenvalue weighted by Gasteiger charge is -2.44. The van der Waals surface area contributed by atoms with Gasteiger partial charge < -0.3 is 19.9 Å². The standard InChI is InChI=1S/C40H54N2O4/c1-5-10-31-25-41-38(42-31)40(21-22-40)36(46-37(45)29-11-7-6-8-12-29)19-14-26(2)33-17-18-34-28(13-9-20-39(33,34)4)15-16-30-23-32(43)24-35(44)27(30)3/h6-8,11-12,15-16,25-26,32-36,43-44H,3,5,9-10,13-14,17-24H2,1-2,4H3,(H,41,42)/t26-,32-,33-,34+,35+,36+,39-/m1/s1. The SMILES string of the molecule is C=C1C(=CC=C2CCC[C@]3(C)[C@@H]([C@H](C)CC[C@H](OC(=O)c4ccccc4)C4(c5ncc(CCC)[nH]5)CC4)CC[C@@H]23)C[C@@H](O)C[C@@H]1O. The van der Waals surface area contributed by atoms with E-state index in [-0.39, 0.29) is 22.9 Å². The van der Waals surface area contributed by atoms with Gasteiger partial charge in [-0.3, -0.25) is 0 Å². The number of aliphatic hydroxyl groups excluding tert-OH is 2. The Hall–Kier alpha value is -2.96. The van der Waals surface area contributed by atoms with E-state index in [0.717, 1.165) is 67.6 Å². The summed E-state index contributed by atoms with van der Waals surface area (Å²) in [5.74, 6) is 2.42. The number of aryl methyl sites for hydroxylation is 1. The van der Waals surface area contributed by atoms with Crippen molar-refractivity contribution in [3.8, 4) is 0 Å². The van der Waals surface area contributed by atoms with Crippen LogP contribution in [0, 0.1) is 23.2 Å². The molecule has 46 heavy (non-hydrogen) atoms. The molecule has 0 spiro atoms. The van der Waals surface area contributed by atoms with Crippen LogP contribution in [0.2, 0.25) is 0 Å². The van der Waals surface area contributed by atoms with Crippen molar-refractivity contribution in [3.05, 3.63) is 89.1 Å². The van der Waals surface area contributed by atoms with E-state index in [0.29, 0.717) is 36.2 Å². The quantitative estimate of drug-likeness (QED) is 0.219. The Morgan fingerprint density at radius 2 is 1.93 bits per heavy atom. The molecule has 1 aromatic carbocycles. The molecule has 6 rings (SSSR count). The summed E-state index contributed by atoms with van der Waals surface area (Å²) in [6, 6.07) is 9.39. The van der Waals surface area contributed by atoms with E-state index in [2.05, 4.69) is 44.5 Å². The topological polar surface area (TPSA) is 95.4 Å². The molecule has 0 aliphatic heterocycles. The number of ether oxygens (including phenoxy) is 1. The molecule has 7 atom stereocenters. The van der Waals surface area contributed by atoms with Crippen LogP contribution in [-0.4, -0.2) is 44.5 Å². The third-order valence-corrected chi connectivity index (χ3v) is 12.2. The average molecular weight is 627 g/mol. The van der Waals surface area contributed by atoms with Crippen LogP contribution < -0.4 is 0 Å². The van der Waals surface area contributed by atoms with Gasteiger partial charge in [-0.2, -0.15) is 0 Å². The van der Waals surface area contributed by atoms with Gasteiger partial charge in [0.05, 0.1) is 23.2 Å². The summed E-state index contributed by atoms with van der Waals surface area (Å²) >= 11 is 0. The van der Waals surface area contributed by atoms with Gasteiger partial charge in [0.2, 0.25) is 0 Å². The smallest absolute Gasteiger partial charge is 0.338 e. The number of benzene rings is 1. The molecule has 1 aromatic heterocycles. The molecule has 248 valence electrons. The van der Waals surface area contributed by atoms with E-state index < -0.39 is 12.2 Å². The number of nitrogens with one attached hydrogen (secondary N) is 1. The monoisotopic (exact) mass is 626 g/mol. The van der Waals surface area contributed by atoms with Gasteiger partial charge in [-0.25, -0.2) is 9.78 Å². The summed E-state index contributed by atoms with van der Waals surface area (Å²) in [4.78, 5) is 21.8. The van der Waals surface area contributed by atoms with Crippen molar-refractivity contribution in [1.82, 2.24) is 9.97 Å². The lowest BCUT2D eigenvalue weighted by Crippen LogP contribution is -2.37. The minimum atomic E-state index is -0.654. The number of aromatic amines is 1. The van der Waals surface area contributed by atoms with Gasteiger partial charge in [-0.15, -0.1) is 0 Å². The van der Waals surface area contributed by atoms with Crippen LogP contribution in [0.15, 0.2) is 72.0 Å². The number of hydrogen-bond acceptors (Lipinski definition) is 5. The number of carbonyl (C=O) groups excluding carboxylic acids is 1. The minimum Gasteiger partial charge on any atom is -0.458 e. The van der Waals surface area contributed by atoms with Crippen LogP contribution in [0.5, 0.6) is 0 Å². The zero-order valence-electron chi connectivity index (χ0n) is 28.1. The molecule has 2 aromatic rings. The van der Waals surface area contributed by atoms with Crippen molar-refractivity contribution in [2.75, 3.05) is 0 Å². The number of nitrogens with zero attached hydrogens (tertiary/aromatic N) is 1. The van der Waals surface area contributed by atoms with Gasteiger partial charge in [0.1, 0.15) is 11.9 Å². The number of esters is 1. The molecule has 0 amide bonds. The molecule has 0 unspecified atom stereocenters. The number of imidazole rings is 1. The second-order valence-corrected chi connectivity index (χ2v) is 15.1. The van der Waals surface area contributed by atoms with E-state index in [1.807, 2.05) is 36.5 Å². The minimum absolute atomic E-state index is 0.212. The lowest BCUT2D eigenvalue weighted by atomic mass is 9.60. The van der Waals surface area contributed by atoms with Crippen LogP contribution >= 0.6 is 0 Å². The highest BCUT2D eigenvalue weighted by Crippen LogP contribution is 2.60. The Balaban J connectivity index is 1.17. The Morgan fingerprint density at radius 1 is 1.15 bits per heavy atom. The highest BCUT2D eigenvalue weighted by Gasteiger charge is 2.56. The third-order valence-electron chi connectivity index (χ3n) is 12.2. The summed E-state index contributed by atoms with van der Waals surface area (Å²) in [6.07, 6.45) is 17.8. The summed E-state index contributed by atoms with van der Waals surface area (Å²) in [7, 11) is 0. The Bertz CT molecular complexity index is 1450. The van der Waals surface area contributed by atoms with Gasteiger partial charge in [-0.05, 0) is 117 Å². The average Bonchev–Trinajstić information content (AvgIpc) is 3.57. The Labute approximate surface area is 275 Å². The van der Waals surface area contributed by atoms with Crippen LogP contribution in [0.4, 0.5) is 0 Å². The molecule has 4 aliphatic carbocycles. The number of carbonyl (C=O) groups is 1. The van der Waals surface area contributed by atoms with Crippen LogP contribution in [0.25, 0.3) is 0 Å². The van der Waals surface area contributed by atoms with Gasteiger partial charge in [-0.1, -0.05) is 69.7 Å². The van der Waals surface area contributed by atoms with Crippen LogP contribution in [0.1, 0.15) is 120 Å². The van der Waals surface area contributed by atoms with Crippen molar-refractivity contribution in [2.45, 2.75) is 128 Å². The highest BCUT2D eigenvalue weighted by molar-refractivity contribution is 5.89. The van der Waals surface area contributed by atoms with Crippen molar-refractivity contribution in [3.63, 3.8) is 0 Å². The number of H-pyrrole nitrogens is 1. The fourth-order valence-corrected chi connectivity index (χ4v) is 9.37. The predicted octanol–water partition coefficient (Wildman–Crippen LogP) is 8.18. The summed E-state index contributed by atoms with van der Waals surface area (Å²) in [6.45, 7) is 11.2. The first kappa shape index (κ1) is 33.0. The Morgan fingerprint density at radius 3 is 2.67 bits per heavy atom. The maximum atomic E-state index is 13.4. The number of allylic oxidation sites excluding steroid dienone is 3. The van der Waals surface area contributed by atoms with E-state index in [9.17, 15) is 15.0 Å². The summed E-state index contributed by atoms with van der Waals surface area (Å²) < 4.78 is 6.41. The number of aromatic nitrogens is 2. The molecular formula is C40H54N2O4. The van der Waals surface area contributed by atoms with Crippen molar-refractivity contribution in [2.24, 2.45) is 23.2 Å². The van der Waals surface area contributed by atoms with Gasteiger partial charge >= 0.3 is 5.97 Å². The lowest BCUT2D eigenvalue weighted by molar-refractivity contribution is 0.0119.